The highest BCUT2D eigenvalue weighted by atomic mass is 32.2. The van der Waals surface area contributed by atoms with Gasteiger partial charge in [0.15, 0.2) is 0 Å². The molecule has 1 unspecified atom stereocenters. The van der Waals surface area contributed by atoms with Gasteiger partial charge in [-0.15, -0.1) is 0 Å². The second-order valence-corrected chi connectivity index (χ2v) is 4.39. The van der Waals surface area contributed by atoms with Crippen molar-refractivity contribution < 1.29 is 14.7 Å². The Morgan fingerprint density at radius 1 is 1.43 bits per heavy atom. The van der Waals surface area contributed by atoms with Crippen molar-refractivity contribution in [3.8, 4) is 0 Å². The first-order valence-electron chi connectivity index (χ1n) is 4.21. The molecule has 14 heavy (non-hydrogen) atoms. The summed E-state index contributed by atoms with van der Waals surface area (Å²) in [5, 5.41) is 9.82. The highest BCUT2D eigenvalue weighted by Gasteiger charge is 2.31. The predicted molar refractivity (Wildman–Crippen MR) is 54.9 cm³/mol. The number of rotatable bonds is 4. The highest BCUT2D eigenvalue weighted by Crippen LogP contribution is 2.15. The van der Waals surface area contributed by atoms with E-state index in [0.717, 1.165) is 4.90 Å². The number of amides is 2. The molecule has 1 aliphatic heterocycles. The van der Waals surface area contributed by atoms with E-state index < -0.39 is 5.60 Å². The maximum absolute atomic E-state index is 11.2. The average Bonchev–Trinajstić information content (AvgIpc) is 2.35. The topological polar surface area (TPSA) is 57.6 Å². The molecule has 0 spiro atoms. The monoisotopic (exact) mass is 215 g/mol. The maximum atomic E-state index is 11.2. The van der Waals surface area contributed by atoms with Crippen LogP contribution in [0, 0.1) is 0 Å². The fourth-order valence-electron chi connectivity index (χ4n) is 1.28. The number of imide groups is 1. The van der Waals surface area contributed by atoms with Crippen molar-refractivity contribution in [2.75, 3.05) is 18.6 Å². The third-order valence-corrected chi connectivity index (χ3v) is 2.77. The van der Waals surface area contributed by atoms with Crippen LogP contribution in [0.15, 0.2) is 12.2 Å². The van der Waals surface area contributed by atoms with Crippen LogP contribution in [0.4, 0.5) is 0 Å². The van der Waals surface area contributed by atoms with Crippen LogP contribution in [-0.4, -0.2) is 46.0 Å². The molecule has 78 valence electrons. The van der Waals surface area contributed by atoms with Crippen LogP contribution in [0.5, 0.6) is 0 Å². The molecule has 0 aromatic heterocycles. The molecule has 0 radical (unpaired) electrons. The quantitative estimate of drug-likeness (QED) is 0.672. The first-order valence-corrected chi connectivity index (χ1v) is 5.60. The van der Waals surface area contributed by atoms with E-state index in [2.05, 4.69) is 0 Å². The van der Waals surface area contributed by atoms with Gasteiger partial charge in [0.2, 0.25) is 0 Å². The van der Waals surface area contributed by atoms with Gasteiger partial charge in [-0.2, -0.15) is 11.8 Å². The first kappa shape index (κ1) is 11.3. The molecular weight excluding hydrogens is 202 g/mol. The van der Waals surface area contributed by atoms with Crippen molar-refractivity contribution in [3.05, 3.63) is 12.2 Å². The SMILES string of the molecule is CSCC(C)(O)CN1C(=O)C=CC1=O. The number of β-amino-alcohol motifs (C(OH)–C–C–N with tert-alkyl or cyclic N) is 1. The second kappa shape index (κ2) is 4.14. The van der Waals surface area contributed by atoms with Gasteiger partial charge in [-0.3, -0.25) is 14.5 Å². The van der Waals surface area contributed by atoms with Crippen molar-refractivity contribution in [1.82, 2.24) is 4.90 Å². The van der Waals surface area contributed by atoms with Crippen LogP contribution in [0.25, 0.3) is 0 Å². The molecule has 1 heterocycles. The molecule has 1 N–H and O–H groups in total. The molecule has 5 heteroatoms. The van der Waals surface area contributed by atoms with E-state index in [9.17, 15) is 14.7 Å². The van der Waals surface area contributed by atoms with Crippen molar-refractivity contribution in [2.24, 2.45) is 0 Å². The van der Waals surface area contributed by atoms with Crippen LogP contribution in [-0.2, 0) is 9.59 Å². The lowest BCUT2D eigenvalue weighted by molar-refractivity contribution is -0.140. The van der Waals surface area contributed by atoms with Crippen molar-refractivity contribution >= 4 is 23.6 Å². The summed E-state index contributed by atoms with van der Waals surface area (Å²) < 4.78 is 0. The molecule has 1 atom stereocenters. The molecule has 0 fully saturated rings. The largest absolute Gasteiger partial charge is 0.387 e. The van der Waals surface area contributed by atoms with E-state index in [1.54, 1.807) is 6.92 Å². The van der Waals surface area contributed by atoms with E-state index in [1.807, 2.05) is 6.26 Å². The molecule has 0 aromatic carbocycles. The van der Waals surface area contributed by atoms with E-state index in [1.165, 1.54) is 23.9 Å². The molecule has 0 bridgehead atoms. The number of aliphatic hydroxyl groups is 1. The van der Waals surface area contributed by atoms with E-state index in [-0.39, 0.29) is 18.4 Å². The lowest BCUT2D eigenvalue weighted by Gasteiger charge is -2.26. The summed E-state index contributed by atoms with van der Waals surface area (Å²) in [5.41, 5.74) is -1.02. The number of carbonyl (C=O) groups excluding carboxylic acids is 2. The third kappa shape index (κ3) is 2.59. The Labute approximate surface area is 87.0 Å². The van der Waals surface area contributed by atoms with Gasteiger partial charge < -0.3 is 5.11 Å². The summed E-state index contributed by atoms with van der Waals surface area (Å²) in [6, 6.07) is 0. The molecule has 1 rings (SSSR count). The molecule has 0 saturated heterocycles. The number of hydrogen-bond donors (Lipinski definition) is 1. The summed E-state index contributed by atoms with van der Waals surface area (Å²) in [7, 11) is 0. The smallest absolute Gasteiger partial charge is 0.253 e. The van der Waals surface area contributed by atoms with Crippen LogP contribution < -0.4 is 0 Å². The summed E-state index contributed by atoms with van der Waals surface area (Å²) in [5.74, 6) is -0.211. The zero-order valence-corrected chi connectivity index (χ0v) is 9.00. The third-order valence-electron chi connectivity index (χ3n) is 1.85. The summed E-state index contributed by atoms with van der Waals surface area (Å²) in [6.45, 7) is 1.67. The normalized spacial score (nSPS) is 20.4. The van der Waals surface area contributed by atoms with Gasteiger partial charge in [0.25, 0.3) is 11.8 Å². The van der Waals surface area contributed by atoms with Crippen molar-refractivity contribution in [1.29, 1.82) is 0 Å². The minimum atomic E-state index is -1.02. The minimum absolute atomic E-state index is 0.0541. The van der Waals surface area contributed by atoms with Crippen LogP contribution >= 0.6 is 11.8 Å². The Bertz CT molecular complexity index is 268. The van der Waals surface area contributed by atoms with Gasteiger partial charge in [-0.1, -0.05) is 0 Å². The number of carbonyl (C=O) groups is 2. The Hall–Kier alpha value is -0.810. The number of thioether (sulfide) groups is 1. The van der Waals surface area contributed by atoms with Crippen LogP contribution in [0.3, 0.4) is 0 Å². The Balaban J connectivity index is 2.60. The van der Waals surface area contributed by atoms with Crippen molar-refractivity contribution in [2.45, 2.75) is 12.5 Å². The Kier molecular flexibility index (Phi) is 3.34. The van der Waals surface area contributed by atoms with Gasteiger partial charge in [0.1, 0.15) is 0 Å². The lowest BCUT2D eigenvalue weighted by Crippen LogP contribution is -2.45. The molecule has 0 aromatic rings. The average molecular weight is 215 g/mol. The van der Waals surface area contributed by atoms with E-state index in [4.69, 9.17) is 0 Å². The highest BCUT2D eigenvalue weighted by molar-refractivity contribution is 7.98. The molecular formula is C9H13NO3S. The van der Waals surface area contributed by atoms with Crippen LogP contribution in [0.1, 0.15) is 6.92 Å². The molecule has 1 aliphatic rings. The maximum Gasteiger partial charge on any atom is 0.253 e. The summed E-state index contributed by atoms with van der Waals surface area (Å²) >= 11 is 1.47. The lowest BCUT2D eigenvalue weighted by atomic mass is 10.1. The Morgan fingerprint density at radius 2 is 1.93 bits per heavy atom. The summed E-state index contributed by atoms with van der Waals surface area (Å²) in [6.07, 6.45) is 4.30. The van der Waals surface area contributed by atoms with Crippen molar-refractivity contribution in [3.63, 3.8) is 0 Å². The number of nitrogens with zero attached hydrogens (tertiary/aromatic N) is 1. The minimum Gasteiger partial charge on any atom is -0.387 e. The number of hydrogen-bond acceptors (Lipinski definition) is 4. The predicted octanol–water partition coefficient (Wildman–Crippen LogP) is 0.0254. The van der Waals surface area contributed by atoms with Gasteiger partial charge >= 0.3 is 0 Å². The van der Waals surface area contributed by atoms with Gasteiger partial charge in [0.05, 0.1) is 12.1 Å². The van der Waals surface area contributed by atoms with E-state index in [0.29, 0.717) is 5.75 Å². The van der Waals surface area contributed by atoms with E-state index >= 15 is 0 Å². The zero-order chi connectivity index (χ0) is 10.8. The van der Waals surface area contributed by atoms with Gasteiger partial charge in [-0.05, 0) is 13.2 Å². The zero-order valence-electron chi connectivity index (χ0n) is 8.19. The van der Waals surface area contributed by atoms with Crippen LogP contribution in [0.2, 0.25) is 0 Å². The molecule has 0 saturated carbocycles. The molecule has 4 nitrogen and oxygen atoms in total. The fourth-order valence-corrected chi connectivity index (χ4v) is 2.00. The fraction of sp³-hybridized carbons (Fsp3) is 0.556. The van der Waals surface area contributed by atoms with Gasteiger partial charge in [0, 0.05) is 17.9 Å². The Morgan fingerprint density at radius 3 is 2.36 bits per heavy atom. The summed E-state index contributed by atoms with van der Waals surface area (Å²) in [4.78, 5) is 23.4. The second-order valence-electron chi connectivity index (χ2n) is 3.53. The molecule has 2 amide bonds. The standard InChI is InChI=1S/C9H13NO3S/c1-9(13,6-14-2)5-10-7(11)3-4-8(10)12/h3-4,13H,5-6H2,1-2H3. The first-order chi connectivity index (χ1) is 6.46. The molecule has 0 aliphatic carbocycles. The van der Waals surface area contributed by atoms with Gasteiger partial charge in [-0.25, -0.2) is 0 Å².